The third-order valence-corrected chi connectivity index (χ3v) is 3.10. The molecule has 0 spiro atoms. The Morgan fingerprint density at radius 1 is 1.24 bits per heavy atom. The van der Waals surface area contributed by atoms with E-state index in [-0.39, 0.29) is 0 Å². The molecule has 17 heavy (non-hydrogen) atoms. The highest BCUT2D eigenvalue weighted by atomic mass is 79.9. The number of hydrogen-bond donors (Lipinski definition) is 0. The van der Waals surface area contributed by atoms with Crippen LogP contribution in [0, 0.1) is 0 Å². The van der Waals surface area contributed by atoms with Crippen LogP contribution in [0.2, 0.25) is 0 Å². The van der Waals surface area contributed by atoms with Crippen LogP contribution in [-0.4, -0.2) is 35.1 Å². The second-order valence-electron chi connectivity index (χ2n) is 4.59. The molecule has 0 N–H and O–H groups in total. The maximum absolute atomic E-state index is 5.62. The van der Waals surface area contributed by atoms with E-state index in [9.17, 15) is 0 Å². The van der Waals surface area contributed by atoms with E-state index >= 15 is 0 Å². The van der Waals surface area contributed by atoms with Crippen LogP contribution in [0.1, 0.15) is 27.7 Å². The summed E-state index contributed by atoms with van der Waals surface area (Å²) in [6.45, 7) is 10.4. The fraction of sp³-hybridized carbons (Fsp3) is 0.615. The van der Waals surface area contributed by atoms with Gasteiger partial charge in [-0.25, -0.2) is 4.98 Å². The summed E-state index contributed by atoms with van der Waals surface area (Å²) < 4.78 is 6.59. The molecule has 4 heteroatoms. The molecule has 0 aromatic carbocycles. The van der Waals surface area contributed by atoms with Crippen molar-refractivity contribution in [3.8, 4) is 5.88 Å². The minimum atomic E-state index is 0.538. The lowest BCUT2D eigenvalue weighted by molar-refractivity contribution is 0.140. The lowest BCUT2D eigenvalue weighted by Gasteiger charge is -2.30. The third kappa shape index (κ3) is 5.04. The summed E-state index contributed by atoms with van der Waals surface area (Å²) in [6, 6.07) is 4.89. The summed E-state index contributed by atoms with van der Waals surface area (Å²) in [5.74, 6) is 0.681. The Hall–Kier alpha value is -0.610. The lowest BCUT2D eigenvalue weighted by Crippen LogP contribution is -2.39. The fourth-order valence-electron chi connectivity index (χ4n) is 1.82. The average Bonchev–Trinajstić information content (AvgIpc) is 2.25. The second kappa shape index (κ2) is 6.97. The van der Waals surface area contributed by atoms with Gasteiger partial charge < -0.3 is 4.74 Å². The van der Waals surface area contributed by atoms with Crippen LogP contribution in [0.3, 0.4) is 0 Å². The topological polar surface area (TPSA) is 25.4 Å². The maximum atomic E-state index is 5.62. The summed E-state index contributed by atoms with van der Waals surface area (Å²) in [6.07, 6.45) is 1.75. The van der Waals surface area contributed by atoms with Crippen molar-refractivity contribution < 1.29 is 4.74 Å². The quantitative estimate of drug-likeness (QED) is 0.806. The summed E-state index contributed by atoms with van der Waals surface area (Å²) in [5.41, 5.74) is 0. The first-order chi connectivity index (χ1) is 8.00. The second-order valence-corrected chi connectivity index (χ2v) is 5.50. The number of rotatable bonds is 6. The summed E-state index contributed by atoms with van der Waals surface area (Å²) in [4.78, 5) is 6.58. The Morgan fingerprint density at radius 2 is 1.88 bits per heavy atom. The predicted molar refractivity (Wildman–Crippen MR) is 74.4 cm³/mol. The molecule has 3 nitrogen and oxygen atoms in total. The van der Waals surface area contributed by atoms with Gasteiger partial charge in [-0.1, -0.05) is 0 Å². The van der Waals surface area contributed by atoms with E-state index in [1.54, 1.807) is 6.20 Å². The number of nitrogens with zero attached hydrogens (tertiary/aromatic N) is 2. The van der Waals surface area contributed by atoms with Gasteiger partial charge in [0, 0.05) is 35.4 Å². The van der Waals surface area contributed by atoms with E-state index in [1.165, 1.54) is 0 Å². The predicted octanol–water partition coefficient (Wildman–Crippen LogP) is 3.34. The zero-order chi connectivity index (χ0) is 12.8. The van der Waals surface area contributed by atoms with Crippen LogP contribution in [0.15, 0.2) is 22.8 Å². The normalized spacial score (nSPS) is 11.5. The molecule has 0 aliphatic heterocycles. The molecule has 0 aliphatic carbocycles. The van der Waals surface area contributed by atoms with Gasteiger partial charge >= 0.3 is 0 Å². The molecule has 96 valence electrons. The minimum Gasteiger partial charge on any atom is -0.476 e. The lowest BCUT2D eigenvalue weighted by atomic mass is 10.2. The van der Waals surface area contributed by atoms with Crippen molar-refractivity contribution in [2.75, 3.05) is 13.2 Å². The number of halogens is 1. The molecular weight excluding hydrogens is 280 g/mol. The molecule has 0 bridgehead atoms. The Bertz CT molecular complexity index is 317. The minimum absolute atomic E-state index is 0.538. The van der Waals surface area contributed by atoms with Gasteiger partial charge in [-0.2, -0.15) is 0 Å². The molecule has 0 saturated heterocycles. The Kier molecular flexibility index (Phi) is 5.92. The fourth-order valence-corrected chi connectivity index (χ4v) is 2.05. The highest BCUT2D eigenvalue weighted by Gasteiger charge is 2.12. The summed E-state index contributed by atoms with van der Waals surface area (Å²) in [5, 5.41) is 0. The van der Waals surface area contributed by atoms with Crippen molar-refractivity contribution in [1.29, 1.82) is 0 Å². The van der Waals surface area contributed by atoms with Gasteiger partial charge in [-0.15, -0.1) is 0 Å². The zero-order valence-electron chi connectivity index (χ0n) is 11.0. The first-order valence-electron chi connectivity index (χ1n) is 6.00. The molecule has 1 aromatic rings. The van der Waals surface area contributed by atoms with Crippen LogP contribution in [0.5, 0.6) is 5.88 Å². The molecule has 0 radical (unpaired) electrons. The maximum Gasteiger partial charge on any atom is 0.213 e. The Balaban J connectivity index is 2.38. The van der Waals surface area contributed by atoms with Crippen LogP contribution < -0.4 is 4.74 Å². The molecule has 0 aliphatic rings. The largest absolute Gasteiger partial charge is 0.476 e. The van der Waals surface area contributed by atoms with Gasteiger partial charge in [0.25, 0.3) is 0 Å². The molecule has 0 atom stereocenters. The highest BCUT2D eigenvalue weighted by Crippen LogP contribution is 2.12. The molecule has 1 aromatic heterocycles. The van der Waals surface area contributed by atoms with Gasteiger partial charge in [-0.05, 0) is 49.7 Å². The Morgan fingerprint density at radius 3 is 2.35 bits per heavy atom. The Labute approximate surface area is 112 Å². The van der Waals surface area contributed by atoms with Crippen LogP contribution >= 0.6 is 15.9 Å². The molecule has 0 unspecified atom stereocenters. The first-order valence-corrected chi connectivity index (χ1v) is 6.80. The number of aromatic nitrogens is 1. The molecule has 0 saturated carbocycles. The summed E-state index contributed by atoms with van der Waals surface area (Å²) >= 11 is 3.35. The molecule has 1 rings (SSSR count). The smallest absolute Gasteiger partial charge is 0.213 e. The highest BCUT2D eigenvalue weighted by molar-refractivity contribution is 9.10. The van der Waals surface area contributed by atoms with E-state index in [1.807, 2.05) is 12.1 Å². The van der Waals surface area contributed by atoms with Crippen molar-refractivity contribution in [3.05, 3.63) is 22.8 Å². The summed E-state index contributed by atoms with van der Waals surface area (Å²) in [7, 11) is 0. The van der Waals surface area contributed by atoms with E-state index in [2.05, 4.69) is 53.5 Å². The van der Waals surface area contributed by atoms with Gasteiger partial charge in [0.2, 0.25) is 5.88 Å². The number of ether oxygens (including phenoxy) is 1. The van der Waals surface area contributed by atoms with Crippen molar-refractivity contribution in [1.82, 2.24) is 9.88 Å². The van der Waals surface area contributed by atoms with E-state index < -0.39 is 0 Å². The van der Waals surface area contributed by atoms with Gasteiger partial charge in [0.05, 0.1) is 0 Å². The van der Waals surface area contributed by atoms with Gasteiger partial charge in [0.15, 0.2) is 0 Å². The third-order valence-electron chi connectivity index (χ3n) is 2.63. The van der Waals surface area contributed by atoms with Crippen molar-refractivity contribution in [2.24, 2.45) is 0 Å². The van der Waals surface area contributed by atoms with E-state index in [4.69, 9.17) is 4.74 Å². The van der Waals surface area contributed by atoms with Gasteiger partial charge in [0.1, 0.15) is 6.61 Å². The molecule has 0 fully saturated rings. The van der Waals surface area contributed by atoms with E-state index in [0.717, 1.165) is 11.0 Å². The van der Waals surface area contributed by atoms with Crippen LogP contribution in [0.25, 0.3) is 0 Å². The van der Waals surface area contributed by atoms with Crippen molar-refractivity contribution >= 4 is 15.9 Å². The average molecular weight is 301 g/mol. The van der Waals surface area contributed by atoms with Crippen molar-refractivity contribution in [2.45, 2.75) is 39.8 Å². The van der Waals surface area contributed by atoms with Crippen LogP contribution in [-0.2, 0) is 0 Å². The monoisotopic (exact) mass is 300 g/mol. The number of hydrogen-bond acceptors (Lipinski definition) is 3. The number of pyridine rings is 1. The molecular formula is C13H21BrN2O. The van der Waals surface area contributed by atoms with Crippen molar-refractivity contribution in [3.63, 3.8) is 0 Å². The van der Waals surface area contributed by atoms with E-state index in [0.29, 0.717) is 24.6 Å². The first kappa shape index (κ1) is 14.5. The molecule has 0 amide bonds. The SMILES string of the molecule is CC(C)N(CCOc1ccc(Br)cn1)C(C)C. The molecule has 1 heterocycles. The zero-order valence-corrected chi connectivity index (χ0v) is 12.6. The van der Waals surface area contributed by atoms with Crippen LogP contribution in [0.4, 0.5) is 0 Å². The van der Waals surface area contributed by atoms with Gasteiger partial charge in [-0.3, -0.25) is 4.90 Å². The standard InChI is InChI=1S/C13H21BrN2O/c1-10(2)16(11(3)4)7-8-17-13-6-5-12(14)9-15-13/h5-6,9-11H,7-8H2,1-4H3.